The zero-order valence-corrected chi connectivity index (χ0v) is 16.9. The number of hydrogen-bond acceptors (Lipinski definition) is 4. The lowest BCUT2D eigenvalue weighted by Gasteiger charge is -2.14. The average molecular weight is 400 g/mol. The minimum atomic E-state index is -0.0411. The van der Waals surface area contributed by atoms with Crippen LogP contribution < -0.4 is 5.32 Å². The lowest BCUT2D eigenvalue weighted by Crippen LogP contribution is -2.28. The highest BCUT2D eigenvalue weighted by atomic mass is 32.2. The zero-order chi connectivity index (χ0) is 20.1. The van der Waals surface area contributed by atoms with E-state index >= 15 is 0 Å². The number of para-hydroxylation sites is 2. The number of benzene rings is 3. The van der Waals surface area contributed by atoms with Crippen molar-refractivity contribution in [3.05, 3.63) is 90.5 Å². The molecule has 4 aromatic rings. The third-order valence-electron chi connectivity index (χ3n) is 4.60. The van der Waals surface area contributed by atoms with E-state index in [4.69, 9.17) is 9.97 Å². The molecular formula is C24H21N3OS. The fourth-order valence-corrected chi connectivity index (χ4v) is 3.92. The minimum Gasteiger partial charge on any atom is -0.349 e. The molecule has 4 nitrogen and oxygen atoms in total. The summed E-state index contributed by atoms with van der Waals surface area (Å²) in [5.41, 5.74) is 4.55. The highest BCUT2D eigenvalue weighted by Crippen LogP contribution is 2.30. The SMILES string of the molecule is C[C@@H](NC(=O)CSc1nc2ccccc2nc1-c1ccccc1)c1ccccc1. The monoisotopic (exact) mass is 399 g/mol. The molecule has 0 bridgehead atoms. The van der Waals surface area contributed by atoms with Gasteiger partial charge in [0.25, 0.3) is 0 Å². The van der Waals surface area contributed by atoms with E-state index < -0.39 is 0 Å². The van der Waals surface area contributed by atoms with Crippen LogP contribution in [-0.4, -0.2) is 21.6 Å². The van der Waals surface area contributed by atoms with Crippen molar-refractivity contribution in [2.24, 2.45) is 0 Å². The maximum absolute atomic E-state index is 12.5. The number of fused-ring (bicyclic) bond motifs is 1. The summed E-state index contributed by atoms with van der Waals surface area (Å²) >= 11 is 1.42. The van der Waals surface area contributed by atoms with E-state index in [1.54, 1.807) is 0 Å². The molecule has 3 aromatic carbocycles. The number of nitrogens with zero attached hydrogens (tertiary/aromatic N) is 2. The smallest absolute Gasteiger partial charge is 0.230 e. The van der Waals surface area contributed by atoms with E-state index in [1.165, 1.54) is 11.8 Å². The zero-order valence-electron chi connectivity index (χ0n) is 16.1. The number of thioether (sulfide) groups is 1. The number of aromatic nitrogens is 2. The molecule has 0 fully saturated rings. The van der Waals surface area contributed by atoms with Crippen molar-refractivity contribution < 1.29 is 4.79 Å². The van der Waals surface area contributed by atoms with Crippen molar-refractivity contribution >= 4 is 28.7 Å². The van der Waals surface area contributed by atoms with Crippen LogP contribution in [0.15, 0.2) is 90.0 Å². The highest BCUT2D eigenvalue weighted by molar-refractivity contribution is 8.00. The molecule has 1 amide bonds. The number of amides is 1. The van der Waals surface area contributed by atoms with Gasteiger partial charge in [0.05, 0.1) is 22.8 Å². The van der Waals surface area contributed by atoms with E-state index in [0.717, 1.165) is 32.9 Å². The molecule has 1 heterocycles. The topological polar surface area (TPSA) is 54.9 Å². The van der Waals surface area contributed by atoms with Gasteiger partial charge >= 0.3 is 0 Å². The molecule has 0 aliphatic rings. The quantitative estimate of drug-likeness (QED) is 0.449. The summed E-state index contributed by atoms with van der Waals surface area (Å²) in [4.78, 5) is 22.1. The fourth-order valence-electron chi connectivity index (χ4n) is 3.11. The number of carbonyl (C=O) groups excluding carboxylic acids is 1. The van der Waals surface area contributed by atoms with Gasteiger partial charge in [0.15, 0.2) is 0 Å². The van der Waals surface area contributed by atoms with Crippen molar-refractivity contribution in [3.8, 4) is 11.3 Å². The molecule has 29 heavy (non-hydrogen) atoms. The summed E-state index contributed by atoms with van der Waals surface area (Å²) in [6.07, 6.45) is 0. The second-order valence-electron chi connectivity index (χ2n) is 6.72. The van der Waals surface area contributed by atoms with E-state index in [-0.39, 0.29) is 17.7 Å². The normalized spacial score (nSPS) is 11.9. The number of nitrogens with one attached hydrogen (secondary N) is 1. The molecule has 0 saturated heterocycles. The number of hydrogen-bond donors (Lipinski definition) is 1. The minimum absolute atomic E-state index is 0.0275. The molecule has 5 heteroatoms. The lowest BCUT2D eigenvalue weighted by molar-refractivity contribution is -0.119. The standard InChI is InChI=1S/C24H21N3OS/c1-17(18-10-4-2-5-11-18)25-22(28)16-29-24-23(19-12-6-3-7-13-19)26-20-14-8-9-15-21(20)27-24/h2-15,17H,16H2,1H3,(H,25,28)/t17-/m1/s1. The van der Waals surface area contributed by atoms with Crippen molar-refractivity contribution in [2.45, 2.75) is 18.0 Å². The Hall–Kier alpha value is -3.18. The number of rotatable bonds is 6. The second-order valence-corrected chi connectivity index (χ2v) is 7.68. The summed E-state index contributed by atoms with van der Waals surface area (Å²) in [5, 5.41) is 3.82. The average Bonchev–Trinajstić information content (AvgIpc) is 2.78. The molecule has 1 aromatic heterocycles. The molecule has 4 rings (SSSR count). The molecule has 0 aliphatic carbocycles. The predicted molar refractivity (Wildman–Crippen MR) is 119 cm³/mol. The molecule has 144 valence electrons. The second kappa shape index (κ2) is 8.88. The van der Waals surface area contributed by atoms with Crippen LogP contribution >= 0.6 is 11.8 Å². The first-order chi connectivity index (χ1) is 14.2. The third-order valence-corrected chi connectivity index (χ3v) is 5.57. The summed E-state index contributed by atoms with van der Waals surface area (Å²) < 4.78 is 0. The van der Waals surface area contributed by atoms with E-state index in [9.17, 15) is 4.79 Å². The Morgan fingerprint density at radius 1 is 0.862 bits per heavy atom. The van der Waals surface area contributed by atoms with Gasteiger partial charge in [0, 0.05) is 5.56 Å². The molecule has 0 spiro atoms. The summed E-state index contributed by atoms with van der Waals surface area (Å²) in [7, 11) is 0. The Morgan fingerprint density at radius 3 is 2.14 bits per heavy atom. The van der Waals surface area contributed by atoms with Crippen LogP contribution in [0.2, 0.25) is 0 Å². The van der Waals surface area contributed by atoms with Crippen molar-refractivity contribution in [1.82, 2.24) is 15.3 Å². The summed E-state index contributed by atoms with van der Waals surface area (Å²) in [6.45, 7) is 1.99. The van der Waals surface area contributed by atoms with Crippen molar-refractivity contribution in [2.75, 3.05) is 5.75 Å². The van der Waals surface area contributed by atoms with E-state index in [0.29, 0.717) is 0 Å². The van der Waals surface area contributed by atoms with Crippen LogP contribution in [0.4, 0.5) is 0 Å². The van der Waals surface area contributed by atoms with Crippen LogP contribution in [0.3, 0.4) is 0 Å². The van der Waals surface area contributed by atoms with Gasteiger partial charge in [-0.15, -0.1) is 0 Å². The van der Waals surface area contributed by atoms with Gasteiger partial charge < -0.3 is 5.32 Å². The summed E-state index contributed by atoms with van der Waals surface area (Å²) in [6, 6.07) is 27.7. The lowest BCUT2D eigenvalue weighted by atomic mass is 10.1. The molecule has 0 saturated carbocycles. The molecular weight excluding hydrogens is 378 g/mol. The Labute approximate surface area is 174 Å². The molecule has 0 radical (unpaired) electrons. The van der Waals surface area contributed by atoms with Gasteiger partial charge in [0.1, 0.15) is 10.7 Å². The molecule has 0 aliphatic heterocycles. The maximum atomic E-state index is 12.5. The first-order valence-corrected chi connectivity index (χ1v) is 10.5. The predicted octanol–water partition coefficient (Wildman–Crippen LogP) is 5.27. The van der Waals surface area contributed by atoms with Crippen LogP contribution in [0.5, 0.6) is 0 Å². The van der Waals surface area contributed by atoms with Crippen LogP contribution in [0.25, 0.3) is 22.3 Å². The molecule has 1 atom stereocenters. The van der Waals surface area contributed by atoms with E-state index in [1.807, 2.05) is 91.9 Å². The van der Waals surface area contributed by atoms with Crippen molar-refractivity contribution in [3.63, 3.8) is 0 Å². The maximum Gasteiger partial charge on any atom is 0.230 e. The van der Waals surface area contributed by atoms with Gasteiger partial charge in [-0.25, -0.2) is 9.97 Å². The van der Waals surface area contributed by atoms with E-state index in [2.05, 4.69) is 5.32 Å². The Balaban J connectivity index is 1.54. The van der Waals surface area contributed by atoms with Crippen LogP contribution in [0.1, 0.15) is 18.5 Å². The van der Waals surface area contributed by atoms with Crippen LogP contribution in [-0.2, 0) is 4.79 Å². The summed E-state index contributed by atoms with van der Waals surface area (Å²) in [5.74, 6) is 0.254. The highest BCUT2D eigenvalue weighted by Gasteiger charge is 2.15. The van der Waals surface area contributed by atoms with Gasteiger partial charge in [0.2, 0.25) is 5.91 Å². The Kier molecular flexibility index (Phi) is 5.86. The van der Waals surface area contributed by atoms with Gasteiger partial charge in [-0.1, -0.05) is 84.6 Å². The largest absolute Gasteiger partial charge is 0.349 e. The van der Waals surface area contributed by atoms with Crippen LogP contribution in [0, 0.1) is 0 Å². The van der Waals surface area contributed by atoms with Crippen molar-refractivity contribution in [1.29, 1.82) is 0 Å². The first-order valence-electron chi connectivity index (χ1n) is 9.50. The fraction of sp³-hybridized carbons (Fsp3) is 0.125. The first kappa shape index (κ1) is 19.2. The Bertz CT molecular complexity index is 1120. The number of carbonyl (C=O) groups is 1. The molecule has 0 unspecified atom stereocenters. The Morgan fingerprint density at radius 2 is 1.45 bits per heavy atom. The molecule has 1 N–H and O–H groups in total. The van der Waals surface area contributed by atoms with Gasteiger partial charge in [-0.3, -0.25) is 4.79 Å². The third kappa shape index (κ3) is 4.63. The van der Waals surface area contributed by atoms with Gasteiger partial charge in [-0.2, -0.15) is 0 Å². The van der Waals surface area contributed by atoms with Gasteiger partial charge in [-0.05, 0) is 24.6 Å².